The highest BCUT2D eigenvalue weighted by molar-refractivity contribution is 5.83. The van der Waals surface area contributed by atoms with Crippen LogP contribution in [0.3, 0.4) is 0 Å². The molecule has 6 nitrogen and oxygen atoms in total. The van der Waals surface area contributed by atoms with Crippen molar-refractivity contribution in [1.82, 2.24) is 10.2 Å². The number of nitrogens with one attached hydrogen (secondary N) is 1. The predicted octanol–water partition coefficient (Wildman–Crippen LogP) is 1.29. The number of hydrogen-bond acceptors (Lipinski definition) is 4. The standard InChI is InChI=1S/C15H20N2O4/c1-3-6-17(11(2)18)9-15(19)16-8-12-4-5-13-14(7-12)21-10-20-13/h4-5,7H,3,6,8-10H2,1-2H3,(H,16,19). The molecule has 114 valence electrons. The molecule has 21 heavy (non-hydrogen) atoms. The van der Waals surface area contributed by atoms with Crippen LogP contribution in [0, 0.1) is 0 Å². The molecule has 0 unspecified atom stereocenters. The van der Waals surface area contributed by atoms with Crippen molar-refractivity contribution in [2.45, 2.75) is 26.8 Å². The van der Waals surface area contributed by atoms with Crippen LogP contribution in [0.5, 0.6) is 11.5 Å². The third-order valence-corrected chi connectivity index (χ3v) is 3.20. The Morgan fingerprint density at radius 3 is 2.76 bits per heavy atom. The normalized spacial score (nSPS) is 12.1. The van der Waals surface area contributed by atoms with Gasteiger partial charge in [0.25, 0.3) is 0 Å². The van der Waals surface area contributed by atoms with E-state index in [0.717, 1.165) is 17.7 Å². The molecule has 1 aromatic carbocycles. The van der Waals surface area contributed by atoms with E-state index in [2.05, 4.69) is 5.32 Å². The van der Waals surface area contributed by atoms with E-state index in [0.29, 0.717) is 18.8 Å². The van der Waals surface area contributed by atoms with Crippen molar-refractivity contribution in [3.63, 3.8) is 0 Å². The molecule has 0 saturated heterocycles. The number of rotatable bonds is 6. The molecule has 6 heteroatoms. The van der Waals surface area contributed by atoms with Crippen LogP contribution in [0.4, 0.5) is 0 Å². The smallest absolute Gasteiger partial charge is 0.239 e. The molecule has 2 rings (SSSR count). The van der Waals surface area contributed by atoms with Gasteiger partial charge in [0.15, 0.2) is 11.5 Å². The molecule has 0 fully saturated rings. The van der Waals surface area contributed by atoms with Gasteiger partial charge in [-0.15, -0.1) is 0 Å². The molecular formula is C15H20N2O4. The van der Waals surface area contributed by atoms with E-state index in [1.807, 2.05) is 25.1 Å². The number of ether oxygens (including phenoxy) is 2. The fourth-order valence-corrected chi connectivity index (χ4v) is 2.10. The minimum absolute atomic E-state index is 0.0879. The Balaban J connectivity index is 1.84. The Bertz CT molecular complexity index is 530. The lowest BCUT2D eigenvalue weighted by Crippen LogP contribution is -2.39. The molecule has 0 saturated carbocycles. The minimum atomic E-state index is -0.170. The van der Waals surface area contributed by atoms with Crippen LogP contribution >= 0.6 is 0 Å². The number of hydrogen-bond donors (Lipinski definition) is 1. The maximum Gasteiger partial charge on any atom is 0.239 e. The Morgan fingerprint density at radius 1 is 1.29 bits per heavy atom. The Morgan fingerprint density at radius 2 is 2.05 bits per heavy atom. The number of carbonyl (C=O) groups is 2. The summed E-state index contributed by atoms with van der Waals surface area (Å²) in [5.74, 6) is 1.15. The second-order valence-electron chi connectivity index (χ2n) is 4.90. The average molecular weight is 292 g/mol. The van der Waals surface area contributed by atoms with Crippen molar-refractivity contribution < 1.29 is 19.1 Å². The second-order valence-corrected chi connectivity index (χ2v) is 4.90. The third-order valence-electron chi connectivity index (χ3n) is 3.20. The van der Waals surface area contributed by atoms with E-state index in [4.69, 9.17) is 9.47 Å². The average Bonchev–Trinajstić information content (AvgIpc) is 2.92. The van der Waals surface area contributed by atoms with Gasteiger partial charge in [-0.3, -0.25) is 9.59 Å². The van der Waals surface area contributed by atoms with Crippen LogP contribution in [0.1, 0.15) is 25.8 Å². The number of nitrogens with zero attached hydrogens (tertiary/aromatic N) is 1. The first kappa shape index (κ1) is 15.2. The van der Waals surface area contributed by atoms with Crippen LogP contribution in [-0.2, 0) is 16.1 Å². The molecule has 0 aliphatic carbocycles. The largest absolute Gasteiger partial charge is 0.454 e. The van der Waals surface area contributed by atoms with Crippen LogP contribution in [0.15, 0.2) is 18.2 Å². The highest BCUT2D eigenvalue weighted by Crippen LogP contribution is 2.32. The molecule has 0 bridgehead atoms. The van der Waals surface area contributed by atoms with E-state index >= 15 is 0 Å². The molecule has 1 aliphatic heterocycles. The van der Waals surface area contributed by atoms with Crippen LogP contribution in [-0.4, -0.2) is 36.6 Å². The van der Waals surface area contributed by atoms with E-state index in [1.165, 1.54) is 11.8 Å². The van der Waals surface area contributed by atoms with E-state index in [-0.39, 0.29) is 25.2 Å². The quantitative estimate of drug-likeness (QED) is 0.858. The number of benzene rings is 1. The summed E-state index contributed by atoms with van der Waals surface area (Å²) in [4.78, 5) is 24.8. The molecule has 0 spiro atoms. The summed E-state index contributed by atoms with van der Waals surface area (Å²) >= 11 is 0. The van der Waals surface area contributed by atoms with Gasteiger partial charge in [0.1, 0.15) is 0 Å². The molecule has 1 N–H and O–H groups in total. The summed E-state index contributed by atoms with van der Waals surface area (Å²) in [7, 11) is 0. The van der Waals surface area contributed by atoms with E-state index in [1.54, 1.807) is 0 Å². The van der Waals surface area contributed by atoms with Gasteiger partial charge < -0.3 is 19.7 Å². The van der Waals surface area contributed by atoms with Gasteiger partial charge in [0.05, 0.1) is 6.54 Å². The fraction of sp³-hybridized carbons (Fsp3) is 0.467. The minimum Gasteiger partial charge on any atom is -0.454 e. The summed E-state index contributed by atoms with van der Waals surface area (Å²) in [6.45, 7) is 4.75. The molecule has 0 aromatic heterocycles. The van der Waals surface area contributed by atoms with E-state index in [9.17, 15) is 9.59 Å². The van der Waals surface area contributed by atoms with Crippen molar-refractivity contribution in [2.75, 3.05) is 19.9 Å². The third kappa shape index (κ3) is 4.11. The number of carbonyl (C=O) groups excluding carboxylic acids is 2. The lowest BCUT2D eigenvalue weighted by atomic mass is 10.2. The van der Waals surface area contributed by atoms with Crippen molar-refractivity contribution in [2.24, 2.45) is 0 Å². The van der Waals surface area contributed by atoms with Crippen molar-refractivity contribution in [3.8, 4) is 11.5 Å². The molecule has 0 atom stereocenters. The summed E-state index contributed by atoms with van der Waals surface area (Å²) in [5, 5.41) is 2.80. The van der Waals surface area contributed by atoms with Gasteiger partial charge in [-0.25, -0.2) is 0 Å². The number of amides is 2. The zero-order chi connectivity index (χ0) is 15.2. The van der Waals surface area contributed by atoms with Gasteiger partial charge in [-0.2, -0.15) is 0 Å². The monoisotopic (exact) mass is 292 g/mol. The maximum atomic E-state index is 11.9. The van der Waals surface area contributed by atoms with Crippen molar-refractivity contribution in [3.05, 3.63) is 23.8 Å². The summed E-state index contributed by atoms with van der Waals surface area (Å²) in [6, 6.07) is 5.54. The van der Waals surface area contributed by atoms with Crippen molar-refractivity contribution in [1.29, 1.82) is 0 Å². The first-order chi connectivity index (χ1) is 10.1. The number of fused-ring (bicyclic) bond motifs is 1. The lowest BCUT2D eigenvalue weighted by Gasteiger charge is -2.19. The van der Waals surface area contributed by atoms with Crippen molar-refractivity contribution >= 4 is 11.8 Å². The SMILES string of the molecule is CCCN(CC(=O)NCc1ccc2c(c1)OCO2)C(C)=O. The molecule has 1 heterocycles. The highest BCUT2D eigenvalue weighted by Gasteiger charge is 2.15. The Kier molecular flexibility index (Phi) is 5.03. The van der Waals surface area contributed by atoms with Gasteiger partial charge in [-0.1, -0.05) is 13.0 Å². The van der Waals surface area contributed by atoms with Gasteiger partial charge in [-0.05, 0) is 24.1 Å². The molecular weight excluding hydrogens is 272 g/mol. The van der Waals surface area contributed by atoms with Gasteiger partial charge in [0, 0.05) is 20.0 Å². The molecule has 0 radical (unpaired) electrons. The highest BCUT2D eigenvalue weighted by atomic mass is 16.7. The predicted molar refractivity (Wildman–Crippen MR) is 77.0 cm³/mol. The first-order valence-corrected chi connectivity index (χ1v) is 7.01. The molecule has 1 aliphatic rings. The lowest BCUT2D eigenvalue weighted by molar-refractivity contribution is -0.134. The topological polar surface area (TPSA) is 67.9 Å². The molecule has 1 aromatic rings. The Labute approximate surface area is 124 Å². The summed E-state index contributed by atoms with van der Waals surface area (Å²) in [5.41, 5.74) is 0.928. The Hall–Kier alpha value is -2.24. The zero-order valence-electron chi connectivity index (χ0n) is 12.3. The maximum absolute atomic E-state index is 11.9. The first-order valence-electron chi connectivity index (χ1n) is 7.01. The fourth-order valence-electron chi connectivity index (χ4n) is 2.10. The van der Waals surface area contributed by atoms with Gasteiger partial charge >= 0.3 is 0 Å². The summed E-state index contributed by atoms with van der Waals surface area (Å²) < 4.78 is 10.5. The summed E-state index contributed by atoms with van der Waals surface area (Å²) in [6.07, 6.45) is 0.828. The van der Waals surface area contributed by atoms with E-state index < -0.39 is 0 Å². The zero-order valence-corrected chi connectivity index (χ0v) is 12.3. The van der Waals surface area contributed by atoms with Gasteiger partial charge in [0.2, 0.25) is 18.6 Å². The molecule has 2 amide bonds. The second kappa shape index (κ2) is 6.97. The van der Waals surface area contributed by atoms with Crippen LogP contribution in [0.2, 0.25) is 0 Å². The van der Waals surface area contributed by atoms with Crippen LogP contribution in [0.25, 0.3) is 0 Å². The van der Waals surface area contributed by atoms with Crippen LogP contribution < -0.4 is 14.8 Å².